The first-order valence-corrected chi connectivity index (χ1v) is 7.14. The number of nitrogens with zero attached hydrogens (tertiary/aromatic N) is 1. The Kier molecular flexibility index (Phi) is 3.51. The zero-order valence-electron chi connectivity index (χ0n) is 11.5. The Morgan fingerprint density at radius 2 is 2.10 bits per heavy atom. The van der Waals surface area contributed by atoms with E-state index in [0.29, 0.717) is 22.6 Å². The van der Waals surface area contributed by atoms with E-state index in [4.69, 9.17) is 9.15 Å². The summed E-state index contributed by atoms with van der Waals surface area (Å²) in [5.41, 5.74) is 3.69. The molecule has 0 aliphatic rings. The number of methoxy groups -OCH3 is 1. The number of carbonyl (C=O) groups is 1. The molecule has 0 saturated heterocycles. The third-order valence-corrected chi connectivity index (χ3v) is 4.17. The van der Waals surface area contributed by atoms with Crippen molar-refractivity contribution in [2.45, 2.75) is 6.92 Å². The maximum absolute atomic E-state index is 11.5. The lowest BCUT2D eigenvalue weighted by atomic mass is 10.1. The molecule has 3 aromatic rings. The van der Waals surface area contributed by atoms with Gasteiger partial charge in [-0.25, -0.2) is 9.78 Å². The fourth-order valence-corrected chi connectivity index (χ4v) is 2.49. The smallest absolute Gasteiger partial charge is 0.337 e. The van der Waals surface area contributed by atoms with Gasteiger partial charge in [0.05, 0.1) is 12.7 Å². The molecule has 2 aromatic carbocycles. The first kappa shape index (κ1) is 13.8. The monoisotopic (exact) mass is 345 g/mol. The molecule has 0 N–H and O–H groups in total. The summed E-state index contributed by atoms with van der Waals surface area (Å²) in [6.45, 7) is 1.99. The molecule has 106 valence electrons. The lowest BCUT2D eigenvalue weighted by Gasteiger charge is -2.02. The van der Waals surface area contributed by atoms with Crippen molar-refractivity contribution in [1.82, 2.24) is 4.98 Å². The van der Waals surface area contributed by atoms with Gasteiger partial charge in [-0.15, -0.1) is 0 Å². The molecule has 0 fully saturated rings. The second-order valence-corrected chi connectivity index (χ2v) is 5.46. The van der Waals surface area contributed by atoms with E-state index < -0.39 is 0 Å². The molecule has 0 aliphatic heterocycles. The van der Waals surface area contributed by atoms with Crippen LogP contribution in [0.3, 0.4) is 0 Å². The van der Waals surface area contributed by atoms with Crippen molar-refractivity contribution in [3.05, 3.63) is 52.0 Å². The Hall–Kier alpha value is -2.14. The molecule has 4 nitrogen and oxygen atoms in total. The summed E-state index contributed by atoms with van der Waals surface area (Å²) in [5.74, 6) is 0.144. The predicted octanol–water partition coefficient (Wildman–Crippen LogP) is 4.35. The molecule has 0 bridgehead atoms. The van der Waals surface area contributed by atoms with E-state index in [0.717, 1.165) is 15.6 Å². The van der Waals surface area contributed by atoms with Crippen LogP contribution in [0.1, 0.15) is 15.9 Å². The van der Waals surface area contributed by atoms with Crippen LogP contribution < -0.4 is 0 Å². The highest BCUT2D eigenvalue weighted by Gasteiger charge is 2.14. The van der Waals surface area contributed by atoms with E-state index >= 15 is 0 Å². The fourth-order valence-electron chi connectivity index (χ4n) is 2.13. The average Bonchev–Trinajstić information content (AvgIpc) is 2.91. The summed E-state index contributed by atoms with van der Waals surface area (Å²) in [6.07, 6.45) is 0. The summed E-state index contributed by atoms with van der Waals surface area (Å²) in [6, 6.07) is 10.9. The third kappa shape index (κ3) is 2.45. The highest BCUT2D eigenvalue weighted by Crippen LogP contribution is 2.30. The summed E-state index contributed by atoms with van der Waals surface area (Å²) < 4.78 is 11.5. The van der Waals surface area contributed by atoms with E-state index in [2.05, 4.69) is 20.9 Å². The van der Waals surface area contributed by atoms with Gasteiger partial charge in [0, 0.05) is 10.0 Å². The lowest BCUT2D eigenvalue weighted by Crippen LogP contribution is -2.00. The van der Waals surface area contributed by atoms with Gasteiger partial charge in [-0.05, 0) is 42.8 Å². The number of halogens is 1. The number of hydrogen-bond acceptors (Lipinski definition) is 4. The molecule has 21 heavy (non-hydrogen) atoms. The first-order chi connectivity index (χ1) is 10.1. The van der Waals surface area contributed by atoms with Crippen LogP contribution in [0, 0.1) is 6.92 Å². The molecule has 0 unspecified atom stereocenters. The molecule has 0 saturated carbocycles. The number of oxazole rings is 1. The number of esters is 1. The molecule has 0 aliphatic carbocycles. The second kappa shape index (κ2) is 5.33. The summed E-state index contributed by atoms with van der Waals surface area (Å²) in [5, 5.41) is 0. The summed E-state index contributed by atoms with van der Waals surface area (Å²) in [4.78, 5) is 16.0. The van der Waals surface area contributed by atoms with Crippen LogP contribution in [-0.2, 0) is 4.74 Å². The predicted molar refractivity (Wildman–Crippen MR) is 83.2 cm³/mol. The number of carbonyl (C=O) groups excluding carboxylic acids is 1. The maximum Gasteiger partial charge on any atom is 0.337 e. The highest BCUT2D eigenvalue weighted by atomic mass is 79.9. The van der Waals surface area contributed by atoms with Crippen molar-refractivity contribution < 1.29 is 13.9 Å². The highest BCUT2D eigenvalue weighted by molar-refractivity contribution is 9.10. The van der Waals surface area contributed by atoms with Gasteiger partial charge in [0.15, 0.2) is 5.58 Å². The van der Waals surface area contributed by atoms with E-state index in [1.165, 1.54) is 7.11 Å². The molecule has 1 aromatic heterocycles. The number of aromatic nitrogens is 1. The third-order valence-electron chi connectivity index (χ3n) is 3.31. The Bertz CT molecular complexity index is 839. The van der Waals surface area contributed by atoms with Crippen LogP contribution in [-0.4, -0.2) is 18.1 Å². The normalized spacial score (nSPS) is 10.8. The van der Waals surface area contributed by atoms with Crippen LogP contribution in [0.4, 0.5) is 0 Å². The van der Waals surface area contributed by atoms with Crippen molar-refractivity contribution in [2.75, 3.05) is 7.11 Å². The summed E-state index contributed by atoms with van der Waals surface area (Å²) in [7, 11) is 1.35. The lowest BCUT2D eigenvalue weighted by molar-refractivity contribution is 0.0601. The van der Waals surface area contributed by atoms with Gasteiger partial charge in [-0.3, -0.25) is 0 Å². The van der Waals surface area contributed by atoms with E-state index in [-0.39, 0.29) is 5.97 Å². The van der Waals surface area contributed by atoms with Gasteiger partial charge in [0.2, 0.25) is 5.89 Å². The van der Waals surface area contributed by atoms with E-state index in [1.807, 2.05) is 25.1 Å². The average molecular weight is 346 g/mol. The molecule has 1 heterocycles. The molecule has 3 rings (SSSR count). The van der Waals surface area contributed by atoms with Crippen LogP contribution in [0.2, 0.25) is 0 Å². The van der Waals surface area contributed by atoms with Gasteiger partial charge in [0.1, 0.15) is 5.52 Å². The van der Waals surface area contributed by atoms with Crippen molar-refractivity contribution in [3.8, 4) is 11.5 Å². The minimum atomic E-state index is -0.389. The van der Waals surface area contributed by atoms with Crippen molar-refractivity contribution in [3.63, 3.8) is 0 Å². The van der Waals surface area contributed by atoms with Crippen molar-refractivity contribution in [2.24, 2.45) is 0 Å². The van der Waals surface area contributed by atoms with E-state index in [1.54, 1.807) is 18.2 Å². The van der Waals surface area contributed by atoms with Gasteiger partial charge < -0.3 is 9.15 Å². The van der Waals surface area contributed by atoms with Crippen LogP contribution in [0.15, 0.2) is 45.3 Å². The number of rotatable bonds is 2. The Morgan fingerprint density at radius 3 is 2.86 bits per heavy atom. The molecule has 5 heteroatoms. The Balaban J connectivity index is 2.13. The van der Waals surface area contributed by atoms with Crippen LogP contribution in [0.25, 0.3) is 22.6 Å². The van der Waals surface area contributed by atoms with Crippen molar-refractivity contribution >= 4 is 33.0 Å². The molecule has 0 atom stereocenters. The largest absolute Gasteiger partial charge is 0.465 e. The molecule has 0 spiro atoms. The van der Waals surface area contributed by atoms with E-state index in [9.17, 15) is 4.79 Å². The molecular formula is C16H12BrNO3. The van der Waals surface area contributed by atoms with Crippen LogP contribution in [0.5, 0.6) is 0 Å². The van der Waals surface area contributed by atoms with Gasteiger partial charge in [0.25, 0.3) is 0 Å². The maximum atomic E-state index is 11.5. The fraction of sp³-hybridized carbons (Fsp3) is 0.125. The quantitative estimate of drug-likeness (QED) is 0.647. The molecular weight excluding hydrogens is 334 g/mol. The van der Waals surface area contributed by atoms with Gasteiger partial charge >= 0.3 is 5.97 Å². The standard InChI is InChI=1S/C16H12BrNO3/c1-9-11(4-3-5-12(9)17)15-18-13-8-10(16(19)20-2)6-7-14(13)21-15/h3-8H,1-2H3. The number of ether oxygens (including phenoxy) is 1. The minimum absolute atomic E-state index is 0.389. The topological polar surface area (TPSA) is 52.3 Å². The molecule has 0 amide bonds. The number of hydrogen-bond donors (Lipinski definition) is 0. The Morgan fingerprint density at radius 1 is 1.29 bits per heavy atom. The zero-order chi connectivity index (χ0) is 15.0. The van der Waals surface area contributed by atoms with Gasteiger partial charge in [-0.1, -0.05) is 22.0 Å². The number of benzene rings is 2. The Labute approximate surface area is 129 Å². The molecule has 0 radical (unpaired) electrons. The van der Waals surface area contributed by atoms with Crippen molar-refractivity contribution in [1.29, 1.82) is 0 Å². The summed E-state index contributed by atoms with van der Waals surface area (Å²) >= 11 is 3.50. The van der Waals surface area contributed by atoms with Gasteiger partial charge in [-0.2, -0.15) is 0 Å². The zero-order valence-corrected chi connectivity index (χ0v) is 13.1. The first-order valence-electron chi connectivity index (χ1n) is 6.34. The second-order valence-electron chi connectivity index (χ2n) is 4.61. The number of fused-ring (bicyclic) bond motifs is 1. The SMILES string of the molecule is COC(=O)c1ccc2oc(-c3cccc(Br)c3C)nc2c1. The van der Waals surface area contributed by atoms with Crippen LogP contribution >= 0.6 is 15.9 Å². The minimum Gasteiger partial charge on any atom is -0.465 e.